The van der Waals surface area contributed by atoms with Crippen molar-refractivity contribution in [2.75, 3.05) is 0 Å². The van der Waals surface area contributed by atoms with Gasteiger partial charge in [0, 0.05) is 0 Å². The Morgan fingerprint density at radius 3 is 2.00 bits per heavy atom. The molecule has 0 aliphatic carbocycles. The zero-order chi connectivity index (χ0) is 13.3. The predicted molar refractivity (Wildman–Crippen MR) is 46.0 cm³/mol. The third kappa shape index (κ3) is 3.56. The van der Waals surface area contributed by atoms with Gasteiger partial charge in [0.25, 0.3) is 0 Å². The van der Waals surface area contributed by atoms with Gasteiger partial charge in [0.15, 0.2) is 0 Å². The molecule has 1 aromatic rings. The van der Waals surface area contributed by atoms with Crippen LogP contribution in [0.5, 0.6) is 5.75 Å². The van der Waals surface area contributed by atoms with Crippen LogP contribution in [0.4, 0.5) is 17.6 Å². The highest BCUT2D eigenvalue weighted by Gasteiger charge is 2.43. The number of rotatable bonds is 4. The summed E-state index contributed by atoms with van der Waals surface area (Å²) in [6.45, 7) is 0. The van der Waals surface area contributed by atoms with Gasteiger partial charge >= 0.3 is 12.5 Å². The second kappa shape index (κ2) is 4.49. The molecule has 9 heteroatoms. The molecule has 0 aliphatic rings. The average molecular weight is 273 g/mol. The van der Waals surface area contributed by atoms with Crippen LogP contribution in [-0.4, -0.2) is 25.5 Å². The van der Waals surface area contributed by atoms with Crippen LogP contribution in [0.25, 0.3) is 0 Å². The molecular weight excluding hydrogens is 268 g/mol. The lowest BCUT2D eigenvalue weighted by atomic mass is 10.3. The van der Waals surface area contributed by atoms with E-state index in [1.165, 1.54) is 0 Å². The largest absolute Gasteiger partial charge is 0.744 e. The van der Waals surface area contributed by atoms with Gasteiger partial charge in [-0.3, -0.25) is 0 Å². The number of ether oxygens (including phenoxy) is 1. The lowest BCUT2D eigenvalue weighted by Gasteiger charge is -2.17. The number of hydrogen-bond donors (Lipinski definition) is 0. The summed E-state index contributed by atoms with van der Waals surface area (Å²) in [6, 6.07) is 2.72. The second-order valence-corrected chi connectivity index (χ2v) is 4.27. The number of hydrogen-bond acceptors (Lipinski definition) is 4. The molecule has 0 saturated carbocycles. The minimum Gasteiger partial charge on any atom is -0.744 e. The van der Waals surface area contributed by atoms with Crippen molar-refractivity contribution in [3.05, 3.63) is 24.3 Å². The smallest absolute Gasteiger partial charge is 0.461 e. The average Bonchev–Trinajstić information content (AvgIpc) is 2.16. The zero-order valence-corrected chi connectivity index (χ0v) is 8.76. The third-order valence-electron chi connectivity index (χ3n) is 1.62. The Kier molecular flexibility index (Phi) is 3.62. The quantitative estimate of drug-likeness (QED) is 0.620. The molecule has 0 radical (unpaired) electrons. The Labute approximate surface area is 93.6 Å². The maximum Gasteiger partial charge on any atom is 0.461 e. The highest BCUT2D eigenvalue weighted by atomic mass is 32.2. The molecule has 0 aromatic heterocycles. The van der Waals surface area contributed by atoms with Crippen LogP contribution in [-0.2, 0) is 10.1 Å². The highest BCUT2D eigenvalue weighted by molar-refractivity contribution is 7.85. The van der Waals surface area contributed by atoms with E-state index in [0.717, 1.165) is 0 Å². The summed E-state index contributed by atoms with van der Waals surface area (Å²) in [7, 11) is -4.72. The summed E-state index contributed by atoms with van der Waals surface area (Å²) < 4.78 is 83.4. The van der Waals surface area contributed by atoms with Crippen molar-refractivity contribution in [3.8, 4) is 5.75 Å². The third-order valence-corrected chi connectivity index (χ3v) is 2.47. The Balaban J connectivity index is 2.90. The van der Waals surface area contributed by atoms with Gasteiger partial charge in [-0.1, -0.05) is 0 Å². The number of benzene rings is 1. The molecule has 0 heterocycles. The van der Waals surface area contributed by atoms with Gasteiger partial charge < -0.3 is 9.29 Å². The first-order valence-electron chi connectivity index (χ1n) is 4.04. The minimum atomic E-state index is -4.72. The van der Waals surface area contributed by atoms with Gasteiger partial charge in [-0.2, -0.15) is 17.6 Å². The van der Waals surface area contributed by atoms with Gasteiger partial charge in [-0.25, -0.2) is 8.42 Å². The monoisotopic (exact) mass is 273 g/mol. The first-order valence-corrected chi connectivity index (χ1v) is 5.45. The molecule has 0 N–H and O–H groups in total. The summed E-state index contributed by atoms with van der Waals surface area (Å²) in [6.07, 6.45) is -8.71. The Hall–Kier alpha value is -1.35. The Morgan fingerprint density at radius 1 is 1.18 bits per heavy atom. The van der Waals surface area contributed by atoms with Crippen LogP contribution in [0.3, 0.4) is 0 Å². The molecule has 4 nitrogen and oxygen atoms in total. The fraction of sp³-hybridized carbons (Fsp3) is 0.250. The van der Waals surface area contributed by atoms with E-state index in [-0.39, 0.29) is 0 Å². The normalized spacial score (nSPS) is 12.8. The van der Waals surface area contributed by atoms with E-state index in [2.05, 4.69) is 4.74 Å². The van der Waals surface area contributed by atoms with Gasteiger partial charge in [0.1, 0.15) is 15.9 Å². The fourth-order valence-corrected chi connectivity index (χ4v) is 1.35. The van der Waals surface area contributed by atoms with E-state index in [9.17, 15) is 30.5 Å². The second-order valence-electron chi connectivity index (χ2n) is 2.89. The van der Waals surface area contributed by atoms with Crippen LogP contribution in [0.15, 0.2) is 29.2 Å². The van der Waals surface area contributed by atoms with Crippen LogP contribution in [0.2, 0.25) is 0 Å². The molecule has 0 bridgehead atoms. The predicted octanol–water partition coefficient (Wildman–Crippen LogP) is 1.83. The summed E-state index contributed by atoms with van der Waals surface area (Å²) in [4.78, 5) is -0.676. The van der Waals surface area contributed by atoms with Crippen molar-refractivity contribution in [2.45, 2.75) is 17.4 Å². The van der Waals surface area contributed by atoms with Gasteiger partial charge in [-0.05, 0) is 24.3 Å². The van der Waals surface area contributed by atoms with E-state index in [4.69, 9.17) is 0 Å². The molecule has 0 unspecified atom stereocenters. The Bertz CT molecular complexity index is 483. The standard InChI is InChI=1S/C8H6F4O4S/c9-7(10)8(11,12)16-5-1-3-6(4-2-5)17(13,14)15/h1-4,7H,(H,13,14,15)/p-1. The lowest BCUT2D eigenvalue weighted by molar-refractivity contribution is -0.253. The molecule has 0 fully saturated rings. The topological polar surface area (TPSA) is 66.4 Å². The van der Waals surface area contributed by atoms with Gasteiger partial charge in [0.2, 0.25) is 0 Å². The molecule has 1 aromatic carbocycles. The molecule has 0 saturated heterocycles. The maximum atomic E-state index is 12.4. The maximum absolute atomic E-state index is 12.4. The van der Waals surface area contributed by atoms with E-state index in [0.29, 0.717) is 24.3 Å². The van der Waals surface area contributed by atoms with Crippen LogP contribution >= 0.6 is 0 Å². The first kappa shape index (κ1) is 13.7. The van der Waals surface area contributed by atoms with Crippen LogP contribution < -0.4 is 4.74 Å². The van der Waals surface area contributed by atoms with Gasteiger partial charge in [-0.15, -0.1) is 0 Å². The van der Waals surface area contributed by atoms with Crippen molar-refractivity contribution in [3.63, 3.8) is 0 Å². The van der Waals surface area contributed by atoms with E-state index in [1.54, 1.807) is 0 Å². The van der Waals surface area contributed by atoms with Crippen LogP contribution in [0, 0.1) is 0 Å². The van der Waals surface area contributed by atoms with Crippen molar-refractivity contribution in [1.82, 2.24) is 0 Å². The number of alkyl halides is 4. The highest BCUT2D eigenvalue weighted by Crippen LogP contribution is 2.27. The lowest BCUT2D eigenvalue weighted by Crippen LogP contribution is -2.33. The molecule has 17 heavy (non-hydrogen) atoms. The van der Waals surface area contributed by atoms with Crippen molar-refractivity contribution in [1.29, 1.82) is 0 Å². The van der Waals surface area contributed by atoms with Crippen molar-refractivity contribution < 1.29 is 35.3 Å². The molecular formula is C8H5F4O4S-. The minimum absolute atomic E-state index is 0.676. The van der Waals surface area contributed by atoms with E-state index < -0.39 is 33.3 Å². The van der Waals surface area contributed by atoms with Gasteiger partial charge in [0.05, 0.1) is 4.90 Å². The molecule has 0 atom stereocenters. The fourth-order valence-electron chi connectivity index (χ4n) is 0.876. The van der Waals surface area contributed by atoms with Crippen molar-refractivity contribution >= 4 is 10.1 Å². The first-order chi connectivity index (χ1) is 7.63. The summed E-state index contributed by atoms with van der Waals surface area (Å²) in [5.41, 5.74) is 0. The zero-order valence-electron chi connectivity index (χ0n) is 7.94. The summed E-state index contributed by atoms with van der Waals surface area (Å²) in [5, 5.41) is 0. The van der Waals surface area contributed by atoms with Crippen molar-refractivity contribution in [2.24, 2.45) is 0 Å². The van der Waals surface area contributed by atoms with E-state index >= 15 is 0 Å². The molecule has 1 rings (SSSR count). The summed E-state index contributed by atoms with van der Waals surface area (Å²) in [5.74, 6) is -0.678. The Morgan fingerprint density at radius 2 is 1.65 bits per heavy atom. The summed E-state index contributed by atoms with van der Waals surface area (Å²) >= 11 is 0. The molecule has 0 amide bonds. The molecule has 0 spiro atoms. The van der Waals surface area contributed by atoms with Crippen LogP contribution in [0.1, 0.15) is 0 Å². The molecule has 96 valence electrons. The number of halogens is 4. The van der Waals surface area contributed by atoms with E-state index in [1.807, 2.05) is 0 Å². The SMILES string of the molecule is O=S(=O)([O-])c1ccc(OC(F)(F)C(F)F)cc1. The molecule has 0 aliphatic heterocycles.